The van der Waals surface area contributed by atoms with Gasteiger partial charge in [0.05, 0.1) is 5.52 Å². The van der Waals surface area contributed by atoms with Gasteiger partial charge in [0, 0.05) is 35.3 Å². The first kappa shape index (κ1) is 16.3. The molecule has 0 bridgehead atoms. The van der Waals surface area contributed by atoms with Gasteiger partial charge < -0.3 is 4.57 Å². The number of nitrogens with zero attached hydrogens (tertiary/aromatic N) is 4. The number of thioether (sulfide) groups is 1. The van der Waals surface area contributed by atoms with Gasteiger partial charge in [0.25, 0.3) is 0 Å². The molecule has 0 radical (unpaired) electrons. The number of benzene rings is 1. The zero-order chi connectivity index (χ0) is 16.2. The molecule has 0 spiro atoms. The molecule has 3 rings (SSSR count). The second-order valence-corrected chi connectivity index (χ2v) is 6.86. The molecule has 0 saturated carbocycles. The van der Waals surface area contributed by atoms with Crippen LogP contribution in [0.1, 0.15) is 18.5 Å². The molecule has 0 aliphatic rings. The fourth-order valence-corrected chi connectivity index (χ4v) is 3.57. The zero-order valence-corrected chi connectivity index (χ0v) is 14.9. The predicted molar refractivity (Wildman–Crippen MR) is 97.2 cm³/mol. The van der Waals surface area contributed by atoms with Crippen molar-refractivity contribution in [3.8, 4) is 11.4 Å². The molecule has 0 N–H and O–H groups in total. The Balaban J connectivity index is 1.90. The number of para-hydroxylation sites is 1. The molecule has 4 nitrogen and oxygen atoms in total. The van der Waals surface area contributed by atoms with Crippen molar-refractivity contribution in [1.29, 1.82) is 0 Å². The number of rotatable bonds is 6. The van der Waals surface area contributed by atoms with E-state index < -0.39 is 0 Å². The molecule has 0 fully saturated rings. The average molecular weight is 347 g/mol. The van der Waals surface area contributed by atoms with Crippen LogP contribution in [-0.2, 0) is 7.05 Å². The molecule has 0 aliphatic heterocycles. The molecular weight excluding hydrogens is 328 g/mol. The van der Waals surface area contributed by atoms with Crippen molar-refractivity contribution in [2.45, 2.75) is 24.9 Å². The van der Waals surface area contributed by atoms with E-state index in [2.05, 4.69) is 27.3 Å². The van der Waals surface area contributed by atoms with Gasteiger partial charge in [-0.15, -0.1) is 21.8 Å². The highest BCUT2D eigenvalue weighted by atomic mass is 35.5. The number of hydrogen-bond acceptors (Lipinski definition) is 4. The lowest BCUT2D eigenvalue weighted by Gasteiger charge is -2.08. The molecule has 0 amide bonds. The molecule has 0 aliphatic carbocycles. The van der Waals surface area contributed by atoms with Crippen molar-refractivity contribution in [3.63, 3.8) is 0 Å². The van der Waals surface area contributed by atoms with E-state index in [1.54, 1.807) is 11.8 Å². The molecular formula is C17H19ClN4S. The normalized spacial score (nSPS) is 11.3. The Hall–Kier alpha value is -1.59. The summed E-state index contributed by atoms with van der Waals surface area (Å²) in [5.41, 5.74) is 3.01. The second-order valence-electron chi connectivity index (χ2n) is 5.42. The van der Waals surface area contributed by atoms with Gasteiger partial charge in [-0.05, 0) is 31.9 Å². The molecule has 6 heteroatoms. The Morgan fingerprint density at radius 2 is 2.00 bits per heavy atom. The third-order valence-electron chi connectivity index (χ3n) is 3.75. The number of aromatic nitrogens is 4. The molecule has 23 heavy (non-hydrogen) atoms. The monoisotopic (exact) mass is 346 g/mol. The van der Waals surface area contributed by atoms with E-state index in [0.29, 0.717) is 5.88 Å². The standard InChI is InChI=1S/C17H19ClN4S/c1-12-14(11-13-7-3-4-8-15(13)19-12)16-20-21-17(22(16)2)23-10-6-5-9-18/h3-4,7-8,11H,5-6,9-10H2,1-2H3. The van der Waals surface area contributed by atoms with E-state index in [-0.39, 0.29) is 0 Å². The average Bonchev–Trinajstić information content (AvgIpc) is 2.92. The quantitative estimate of drug-likeness (QED) is 0.376. The van der Waals surface area contributed by atoms with Crippen LogP contribution in [0.25, 0.3) is 22.3 Å². The Kier molecular flexibility index (Phi) is 5.18. The minimum absolute atomic E-state index is 0.715. The summed E-state index contributed by atoms with van der Waals surface area (Å²) in [6, 6.07) is 10.3. The van der Waals surface area contributed by atoms with Gasteiger partial charge in [-0.1, -0.05) is 30.0 Å². The highest BCUT2D eigenvalue weighted by Crippen LogP contribution is 2.27. The molecule has 2 aromatic heterocycles. The third kappa shape index (κ3) is 3.51. The number of aryl methyl sites for hydroxylation is 1. The van der Waals surface area contributed by atoms with Crippen molar-refractivity contribution in [2.24, 2.45) is 7.05 Å². The number of fused-ring (bicyclic) bond motifs is 1. The lowest BCUT2D eigenvalue weighted by atomic mass is 10.1. The minimum Gasteiger partial charge on any atom is -0.305 e. The van der Waals surface area contributed by atoms with Crippen LogP contribution in [0.4, 0.5) is 0 Å². The summed E-state index contributed by atoms with van der Waals surface area (Å²) in [5.74, 6) is 2.58. The summed E-state index contributed by atoms with van der Waals surface area (Å²) in [6.07, 6.45) is 2.12. The fourth-order valence-electron chi connectivity index (χ4n) is 2.47. The van der Waals surface area contributed by atoms with Gasteiger partial charge in [-0.3, -0.25) is 4.98 Å². The van der Waals surface area contributed by atoms with Gasteiger partial charge in [-0.25, -0.2) is 0 Å². The Morgan fingerprint density at radius 3 is 2.83 bits per heavy atom. The number of pyridine rings is 1. The largest absolute Gasteiger partial charge is 0.305 e. The van der Waals surface area contributed by atoms with Crippen LogP contribution in [0.2, 0.25) is 0 Å². The second kappa shape index (κ2) is 7.32. The lowest BCUT2D eigenvalue weighted by Crippen LogP contribution is -1.98. The van der Waals surface area contributed by atoms with Crippen molar-refractivity contribution < 1.29 is 0 Å². The van der Waals surface area contributed by atoms with Crippen LogP contribution in [-0.4, -0.2) is 31.4 Å². The van der Waals surface area contributed by atoms with Crippen LogP contribution < -0.4 is 0 Å². The first-order valence-electron chi connectivity index (χ1n) is 7.65. The first-order chi connectivity index (χ1) is 11.2. The maximum absolute atomic E-state index is 5.71. The number of unbranched alkanes of at least 4 members (excludes halogenated alkanes) is 1. The predicted octanol–water partition coefficient (Wildman–Crippen LogP) is 4.45. The van der Waals surface area contributed by atoms with Crippen molar-refractivity contribution in [3.05, 3.63) is 36.0 Å². The summed E-state index contributed by atoms with van der Waals surface area (Å²) in [6.45, 7) is 2.02. The van der Waals surface area contributed by atoms with Crippen LogP contribution in [0.5, 0.6) is 0 Å². The highest BCUT2D eigenvalue weighted by molar-refractivity contribution is 7.99. The first-order valence-corrected chi connectivity index (χ1v) is 9.17. The van der Waals surface area contributed by atoms with E-state index >= 15 is 0 Å². The van der Waals surface area contributed by atoms with Gasteiger partial charge in [0.15, 0.2) is 11.0 Å². The van der Waals surface area contributed by atoms with Gasteiger partial charge in [0.1, 0.15) is 0 Å². The SMILES string of the molecule is Cc1nc2ccccc2cc1-c1nnc(SCCCCCl)n1C. The van der Waals surface area contributed by atoms with E-state index in [9.17, 15) is 0 Å². The van der Waals surface area contributed by atoms with E-state index in [4.69, 9.17) is 11.6 Å². The topological polar surface area (TPSA) is 43.6 Å². The molecule has 0 saturated heterocycles. The van der Waals surface area contributed by atoms with Crippen molar-refractivity contribution >= 4 is 34.3 Å². The van der Waals surface area contributed by atoms with Gasteiger partial charge in [0.2, 0.25) is 0 Å². The van der Waals surface area contributed by atoms with Gasteiger partial charge in [-0.2, -0.15) is 0 Å². The molecule has 2 heterocycles. The van der Waals surface area contributed by atoms with E-state index in [1.807, 2.05) is 36.7 Å². The summed E-state index contributed by atoms with van der Waals surface area (Å²) in [7, 11) is 2.01. The molecule has 0 atom stereocenters. The van der Waals surface area contributed by atoms with Crippen LogP contribution in [0.3, 0.4) is 0 Å². The van der Waals surface area contributed by atoms with Crippen LogP contribution >= 0.6 is 23.4 Å². The number of alkyl halides is 1. The fraction of sp³-hybridized carbons (Fsp3) is 0.353. The van der Waals surface area contributed by atoms with Crippen molar-refractivity contribution in [2.75, 3.05) is 11.6 Å². The minimum atomic E-state index is 0.715. The highest BCUT2D eigenvalue weighted by Gasteiger charge is 2.14. The van der Waals surface area contributed by atoms with E-state index in [1.165, 1.54) is 0 Å². The third-order valence-corrected chi connectivity index (χ3v) is 5.12. The molecule has 1 aromatic carbocycles. The molecule has 0 unspecified atom stereocenters. The summed E-state index contributed by atoms with van der Waals surface area (Å²) < 4.78 is 2.05. The summed E-state index contributed by atoms with van der Waals surface area (Å²) in [5, 5.41) is 10.8. The van der Waals surface area contributed by atoms with Crippen molar-refractivity contribution in [1.82, 2.24) is 19.7 Å². The molecule has 120 valence electrons. The summed E-state index contributed by atoms with van der Waals surface area (Å²) in [4.78, 5) is 4.69. The van der Waals surface area contributed by atoms with E-state index in [0.717, 1.165) is 51.7 Å². The lowest BCUT2D eigenvalue weighted by molar-refractivity contribution is 0.790. The Morgan fingerprint density at radius 1 is 1.17 bits per heavy atom. The maximum Gasteiger partial charge on any atom is 0.191 e. The molecule has 3 aromatic rings. The van der Waals surface area contributed by atoms with Crippen LogP contribution in [0, 0.1) is 6.92 Å². The smallest absolute Gasteiger partial charge is 0.191 e. The number of hydrogen-bond donors (Lipinski definition) is 0. The van der Waals surface area contributed by atoms with Gasteiger partial charge >= 0.3 is 0 Å². The summed E-state index contributed by atoms with van der Waals surface area (Å²) >= 11 is 7.44. The van der Waals surface area contributed by atoms with Crippen LogP contribution in [0.15, 0.2) is 35.5 Å². The number of halogens is 1. The Bertz CT molecular complexity index is 815. The zero-order valence-electron chi connectivity index (χ0n) is 13.3. The maximum atomic E-state index is 5.71. The Labute approximate surface area is 145 Å².